The number of aromatic nitrogens is 2. The van der Waals surface area contributed by atoms with Crippen molar-refractivity contribution in [2.75, 3.05) is 58.4 Å². The second-order valence-electron chi connectivity index (χ2n) is 8.34. The largest absolute Gasteiger partial charge is 0.481 e. The lowest BCUT2D eigenvalue weighted by Crippen LogP contribution is -2.51. The van der Waals surface area contributed by atoms with Crippen molar-refractivity contribution in [1.29, 1.82) is 0 Å². The van der Waals surface area contributed by atoms with Crippen LogP contribution in [0, 0.1) is 5.92 Å². The van der Waals surface area contributed by atoms with Gasteiger partial charge in [-0.25, -0.2) is 0 Å². The van der Waals surface area contributed by atoms with E-state index in [1.807, 2.05) is 0 Å². The highest BCUT2D eigenvalue weighted by molar-refractivity contribution is 5.79. The van der Waals surface area contributed by atoms with Crippen LogP contribution in [-0.2, 0) is 4.79 Å². The number of ether oxygens (including phenoxy) is 2. The molecular formula is C21H33N5O3. The molecule has 4 heterocycles. The second kappa shape index (κ2) is 9.15. The summed E-state index contributed by atoms with van der Waals surface area (Å²) in [5, 5.41) is 0. The van der Waals surface area contributed by atoms with Gasteiger partial charge in [0.05, 0.1) is 26.2 Å². The summed E-state index contributed by atoms with van der Waals surface area (Å²) < 4.78 is 10.6. The van der Waals surface area contributed by atoms with Crippen molar-refractivity contribution in [3.63, 3.8) is 0 Å². The van der Waals surface area contributed by atoms with E-state index in [2.05, 4.69) is 24.7 Å². The molecule has 3 aliphatic rings. The van der Waals surface area contributed by atoms with E-state index in [0.717, 1.165) is 77.8 Å². The van der Waals surface area contributed by atoms with Crippen LogP contribution in [0.4, 0.5) is 5.95 Å². The van der Waals surface area contributed by atoms with E-state index in [1.165, 1.54) is 0 Å². The number of anilines is 1. The minimum absolute atomic E-state index is 0.186. The quantitative estimate of drug-likeness (QED) is 0.742. The second-order valence-corrected chi connectivity index (χ2v) is 8.34. The summed E-state index contributed by atoms with van der Waals surface area (Å²) in [6, 6.07) is 2.23. The molecule has 1 atom stereocenters. The van der Waals surface area contributed by atoms with Crippen molar-refractivity contribution in [3.8, 4) is 11.8 Å². The molecule has 0 aliphatic carbocycles. The Bertz CT molecular complexity index is 679. The number of likely N-dealkylation sites (tertiary alicyclic amines) is 2. The minimum Gasteiger partial charge on any atom is -0.481 e. The molecule has 0 radical (unpaired) electrons. The van der Waals surface area contributed by atoms with Gasteiger partial charge in [-0.15, -0.1) is 0 Å². The first-order valence-electron chi connectivity index (χ1n) is 10.9. The van der Waals surface area contributed by atoms with Crippen molar-refractivity contribution in [3.05, 3.63) is 6.07 Å². The normalized spacial score (nSPS) is 24.0. The van der Waals surface area contributed by atoms with Crippen molar-refractivity contribution >= 4 is 11.9 Å². The summed E-state index contributed by atoms with van der Waals surface area (Å²) in [5.41, 5.74) is 0. The maximum absolute atomic E-state index is 12.8. The van der Waals surface area contributed by atoms with Crippen molar-refractivity contribution < 1.29 is 14.3 Å². The van der Waals surface area contributed by atoms with Gasteiger partial charge in [0.2, 0.25) is 23.6 Å². The van der Waals surface area contributed by atoms with Gasteiger partial charge in [0, 0.05) is 38.8 Å². The first-order chi connectivity index (χ1) is 14.2. The highest BCUT2D eigenvalue weighted by Crippen LogP contribution is 2.28. The van der Waals surface area contributed by atoms with Crippen LogP contribution >= 0.6 is 0 Å². The highest BCUT2D eigenvalue weighted by Gasteiger charge is 2.34. The standard InChI is InChI=1S/C21H33N5O3/c1-28-18-14-19(29-2)23-21(22-18)25-12-7-17(8-13-25)26-11-5-6-16(15-26)20(27)24-9-3-4-10-24/h14,16-17H,3-13,15H2,1-2H3/t16-/m1/s1. The number of nitrogens with zero attached hydrogens (tertiary/aromatic N) is 5. The van der Waals surface area contributed by atoms with Crippen LogP contribution in [-0.4, -0.2) is 85.2 Å². The lowest BCUT2D eigenvalue weighted by molar-refractivity contribution is -0.136. The summed E-state index contributed by atoms with van der Waals surface area (Å²) in [6.07, 6.45) is 6.62. The molecule has 3 aliphatic heterocycles. The fourth-order valence-corrected chi connectivity index (χ4v) is 4.91. The maximum Gasteiger partial charge on any atom is 0.231 e. The Morgan fingerprint density at radius 2 is 1.59 bits per heavy atom. The van der Waals surface area contributed by atoms with E-state index in [0.29, 0.717) is 29.7 Å². The first-order valence-corrected chi connectivity index (χ1v) is 10.9. The zero-order valence-electron chi connectivity index (χ0n) is 17.7. The van der Waals surface area contributed by atoms with Gasteiger partial charge in [0.25, 0.3) is 0 Å². The zero-order valence-corrected chi connectivity index (χ0v) is 17.7. The monoisotopic (exact) mass is 403 g/mol. The maximum atomic E-state index is 12.8. The number of carbonyl (C=O) groups excluding carboxylic acids is 1. The third-order valence-electron chi connectivity index (χ3n) is 6.57. The van der Waals surface area contributed by atoms with Gasteiger partial charge >= 0.3 is 0 Å². The van der Waals surface area contributed by atoms with Gasteiger partial charge in [-0.2, -0.15) is 9.97 Å². The average Bonchev–Trinajstić information content (AvgIpc) is 3.33. The molecule has 0 aromatic carbocycles. The van der Waals surface area contributed by atoms with Gasteiger partial charge in [0.15, 0.2) is 0 Å². The topological polar surface area (TPSA) is 71.0 Å². The SMILES string of the molecule is COc1cc(OC)nc(N2CCC(N3CCC[C@@H](C(=O)N4CCCC4)C3)CC2)n1. The van der Waals surface area contributed by atoms with E-state index < -0.39 is 0 Å². The predicted molar refractivity (Wildman–Crippen MR) is 110 cm³/mol. The molecule has 29 heavy (non-hydrogen) atoms. The van der Waals surface area contributed by atoms with Crippen LogP contribution in [0.2, 0.25) is 0 Å². The van der Waals surface area contributed by atoms with Gasteiger partial charge < -0.3 is 19.3 Å². The van der Waals surface area contributed by atoms with E-state index in [1.54, 1.807) is 20.3 Å². The predicted octanol–water partition coefficient (Wildman–Crippen LogP) is 1.80. The summed E-state index contributed by atoms with van der Waals surface area (Å²) >= 11 is 0. The summed E-state index contributed by atoms with van der Waals surface area (Å²) in [5.74, 6) is 2.29. The van der Waals surface area contributed by atoms with E-state index in [4.69, 9.17) is 9.47 Å². The molecule has 1 aromatic heterocycles. The van der Waals surface area contributed by atoms with E-state index in [9.17, 15) is 4.79 Å². The van der Waals surface area contributed by atoms with Crippen LogP contribution < -0.4 is 14.4 Å². The Morgan fingerprint density at radius 3 is 2.21 bits per heavy atom. The van der Waals surface area contributed by atoms with Crippen LogP contribution in [0.1, 0.15) is 38.5 Å². The van der Waals surface area contributed by atoms with Gasteiger partial charge in [-0.3, -0.25) is 9.69 Å². The number of hydrogen-bond donors (Lipinski definition) is 0. The van der Waals surface area contributed by atoms with Gasteiger partial charge in [-0.1, -0.05) is 0 Å². The van der Waals surface area contributed by atoms with E-state index in [-0.39, 0.29) is 5.92 Å². The molecule has 1 aromatic rings. The Hall–Kier alpha value is -2.09. The molecule has 8 heteroatoms. The molecular weight excluding hydrogens is 370 g/mol. The Balaban J connectivity index is 1.34. The Labute approximate surface area is 173 Å². The molecule has 3 fully saturated rings. The van der Waals surface area contributed by atoms with Gasteiger partial charge in [-0.05, 0) is 45.1 Å². The molecule has 3 saturated heterocycles. The molecule has 1 amide bonds. The fraction of sp³-hybridized carbons (Fsp3) is 0.762. The lowest BCUT2D eigenvalue weighted by atomic mass is 9.93. The van der Waals surface area contributed by atoms with Gasteiger partial charge in [0.1, 0.15) is 0 Å². The molecule has 4 rings (SSSR count). The number of carbonyl (C=O) groups is 1. The molecule has 0 N–H and O–H groups in total. The molecule has 0 unspecified atom stereocenters. The highest BCUT2D eigenvalue weighted by atomic mass is 16.5. The third-order valence-corrected chi connectivity index (χ3v) is 6.57. The Kier molecular flexibility index (Phi) is 6.37. The zero-order chi connectivity index (χ0) is 20.2. The summed E-state index contributed by atoms with van der Waals surface area (Å²) in [4.78, 5) is 28.7. The Morgan fingerprint density at radius 1 is 0.931 bits per heavy atom. The van der Waals surface area contributed by atoms with E-state index >= 15 is 0 Å². The lowest BCUT2D eigenvalue weighted by Gasteiger charge is -2.42. The first kappa shape index (κ1) is 20.2. The smallest absolute Gasteiger partial charge is 0.231 e. The average molecular weight is 404 g/mol. The number of piperidine rings is 2. The molecule has 0 saturated carbocycles. The van der Waals surface area contributed by atoms with Crippen LogP contribution in [0.5, 0.6) is 11.8 Å². The van der Waals surface area contributed by atoms with Crippen LogP contribution in [0.25, 0.3) is 0 Å². The molecule has 0 bridgehead atoms. The summed E-state index contributed by atoms with van der Waals surface area (Å²) in [6.45, 7) is 5.75. The van der Waals surface area contributed by atoms with Crippen LogP contribution in [0.3, 0.4) is 0 Å². The minimum atomic E-state index is 0.186. The van der Waals surface area contributed by atoms with Crippen molar-refractivity contribution in [2.45, 2.75) is 44.6 Å². The number of hydrogen-bond acceptors (Lipinski definition) is 7. The fourth-order valence-electron chi connectivity index (χ4n) is 4.91. The third kappa shape index (κ3) is 4.57. The molecule has 0 spiro atoms. The number of rotatable bonds is 5. The van der Waals surface area contributed by atoms with Crippen LogP contribution in [0.15, 0.2) is 6.07 Å². The molecule has 160 valence electrons. The van der Waals surface area contributed by atoms with Crippen molar-refractivity contribution in [1.82, 2.24) is 19.8 Å². The van der Waals surface area contributed by atoms with Crippen molar-refractivity contribution in [2.24, 2.45) is 5.92 Å². The number of amides is 1. The number of methoxy groups -OCH3 is 2. The summed E-state index contributed by atoms with van der Waals surface area (Å²) in [7, 11) is 3.21. The molecule has 8 nitrogen and oxygen atoms in total.